The summed E-state index contributed by atoms with van der Waals surface area (Å²) in [6, 6.07) is 5.79. The number of H-pyrrole nitrogens is 1. The number of fused-ring (bicyclic) bond motifs is 1. The van der Waals surface area contributed by atoms with Gasteiger partial charge in [0.2, 0.25) is 0 Å². The number of carbonyl (C=O) groups excluding carboxylic acids is 1. The van der Waals surface area contributed by atoms with E-state index in [1.165, 1.54) is 4.90 Å². The molecule has 0 saturated heterocycles. The van der Waals surface area contributed by atoms with Crippen molar-refractivity contribution in [1.82, 2.24) is 15.1 Å². The second kappa shape index (κ2) is 5.67. The van der Waals surface area contributed by atoms with Crippen LogP contribution in [0.3, 0.4) is 0 Å². The topological polar surface area (TPSA) is 69.2 Å². The molecular weight excluding hydrogens is 242 g/mol. The first kappa shape index (κ1) is 13.3. The molecule has 0 aliphatic rings. The first-order valence-corrected chi connectivity index (χ1v) is 6.13. The van der Waals surface area contributed by atoms with Gasteiger partial charge in [-0.25, -0.2) is 0 Å². The number of benzene rings is 1. The molecule has 1 heterocycles. The lowest BCUT2D eigenvalue weighted by atomic mass is 10.1. The summed E-state index contributed by atoms with van der Waals surface area (Å²) < 4.78 is 0. The van der Waals surface area contributed by atoms with Gasteiger partial charge in [-0.05, 0) is 19.1 Å². The molecule has 0 aliphatic heterocycles. The number of nitrogens with zero attached hydrogens (tertiary/aromatic N) is 2. The number of aromatic amines is 1. The molecule has 2 rings (SSSR count). The van der Waals surface area contributed by atoms with Crippen LogP contribution in [-0.2, 0) is 0 Å². The number of rotatable bonds is 5. The zero-order valence-corrected chi connectivity index (χ0v) is 10.9. The van der Waals surface area contributed by atoms with E-state index in [0.717, 1.165) is 16.5 Å². The maximum Gasteiger partial charge on any atom is 0.275 e. The van der Waals surface area contributed by atoms with Crippen molar-refractivity contribution in [2.24, 2.45) is 0 Å². The Hall–Kier alpha value is -2.14. The van der Waals surface area contributed by atoms with E-state index in [4.69, 9.17) is 5.11 Å². The Morgan fingerprint density at radius 2 is 2.37 bits per heavy atom. The monoisotopic (exact) mass is 259 g/mol. The van der Waals surface area contributed by atoms with Crippen molar-refractivity contribution in [3.63, 3.8) is 0 Å². The fourth-order valence-electron chi connectivity index (χ4n) is 1.99. The van der Waals surface area contributed by atoms with Crippen molar-refractivity contribution in [2.45, 2.75) is 6.92 Å². The third-order valence-corrected chi connectivity index (χ3v) is 2.93. The van der Waals surface area contributed by atoms with Crippen LogP contribution < -0.4 is 0 Å². The lowest BCUT2D eigenvalue weighted by Crippen LogP contribution is -2.34. The number of hydrogen-bond acceptors (Lipinski definition) is 3. The van der Waals surface area contributed by atoms with Crippen molar-refractivity contribution in [3.05, 3.63) is 42.1 Å². The summed E-state index contributed by atoms with van der Waals surface area (Å²) >= 11 is 0. The maximum atomic E-state index is 12.4. The molecule has 0 spiro atoms. The van der Waals surface area contributed by atoms with Gasteiger partial charge in [-0.1, -0.05) is 17.7 Å². The summed E-state index contributed by atoms with van der Waals surface area (Å²) in [6.07, 6.45) is 1.63. The van der Waals surface area contributed by atoms with E-state index in [9.17, 15) is 4.79 Å². The average Bonchev–Trinajstić information content (AvgIpc) is 2.80. The Morgan fingerprint density at radius 3 is 3.05 bits per heavy atom. The second-order valence-corrected chi connectivity index (χ2v) is 4.38. The van der Waals surface area contributed by atoms with Crippen molar-refractivity contribution >= 4 is 16.8 Å². The number of aromatic nitrogens is 2. The molecule has 0 aliphatic carbocycles. The molecule has 1 aromatic carbocycles. The smallest absolute Gasteiger partial charge is 0.275 e. The van der Waals surface area contributed by atoms with Crippen molar-refractivity contribution < 1.29 is 9.90 Å². The van der Waals surface area contributed by atoms with E-state index in [2.05, 4.69) is 16.8 Å². The molecule has 0 saturated carbocycles. The van der Waals surface area contributed by atoms with Crippen LogP contribution in [0.4, 0.5) is 0 Å². The highest BCUT2D eigenvalue weighted by Crippen LogP contribution is 2.18. The van der Waals surface area contributed by atoms with Crippen LogP contribution in [0.25, 0.3) is 10.9 Å². The highest BCUT2D eigenvalue weighted by Gasteiger charge is 2.19. The predicted octanol–water partition coefficient (Wildman–Crippen LogP) is 1.49. The van der Waals surface area contributed by atoms with Crippen LogP contribution in [0, 0.1) is 6.92 Å². The van der Waals surface area contributed by atoms with Gasteiger partial charge in [-0.2, -0.15) is 5.10 Å². The Labute approximate surface area is 111 Å². The maximum absolute atomic E-state index is 12.4. The summed E-state index contributed by atoms with van der Waals surface area (Å²) in [4.78, 5) is 13.9. The number of nitrogens with one attached hydrogen (secondary N) is 1. The lowest BCUT2D eigenvalue weighted by Gasteiger charge is -2.18. The van der Waals surface area contributed by atoms with Crippen LogP contribution in [0.2, 0.25) is 0 Å². The van der Waals surface area contributed by atoms with Crippen LogP contribution in [0.1, 0.15) is 16.1 Å². The van der Waals surface area contributed by atoms with Crippen LogP contribution in [0.5, 0.6) is 0 Å². The summed E-state index contributed by atoms with van der Waals surface area (Å²) in [5.41, 5.74) is 2.28. The second-order valence-electron chi connectivity index (χ2n) is 4.38. The Morgan fingerprint density at radius 1 is 1.58 bits per heavy atom. The molecule has 0 unspecified atom stereocenters. The van der Waals surface area contributed by atoms with Crippen molar-refractivity contribution in [1.29, 1.82) is 0 Å². The minimum absolute atomic E-state index is 0.0824. The first-order chi connectivity index (χ1) is 9.17. The third-order valence-electron chi connectivity index (χ3n) is 2.93. The Bertz CT molecular complexity index is 604. The Balaban J connectivity index is 2.39. The summed E-state index contributed by atoms with van der Waals surface area (Å²) in [5.74, 6) is -0.203. The number of aryl methyl sites for hydroxylation is 1. The van der Waals surface area contributed by atoms with Crippen LogP contribution >= 0.6 is 0 Å². The molecule has 0 radical (unpaired) electrons. The van der Waals surface area contributed by atoms with E-state index < -0.39 is 0 Å². The van der Waals surface area contributed by atoms with Gasteiger partial charge >= 0.3 is 0 Å². The zero-order valence-electron chi connectivity index (χ0n) is 10.9. The van der Waals surface area contributed by atoms with Gasteiger partial charge in [0.05, 0.1) is 12.1 Å². The molecule has 1 aromatic heterocycles. The number of amides is 1. The number of hydrogen-bond donors (Lipinski definition) is 2. The third kappa shape index (κ3) is 2.66. The normalized spacial score (nSPS) is 10.6. The highest BCUT2D eigenvalue weighted by atomic mass is 16.3. The average molecular weight is 259 g/mol. The molecule has 0 atom stereocenters. The van der Waals surface area contributed by atoms with Crippen molar-refractivity contribution in [3.8, 4) is 0 Å². The van der Waals surface area contributed by atoms with E-state index >= 15 is 0 Å². The van der Waals surface area contributed by atoms with E-state index in [1.807, 2.05) is 25.1 Å². The lowest BCUT2D eigenvalue weighted by molar-refractivity contribution is 0.0739. The zero-order chi connectivity index (χ0) is 13.8. The standard InChI is InChI=1S/C14H17N3O2/c1-3-6-17(7-8-18)14(19)13-11-9-10(2)4-5-12(11)15-16-13/h3-5,9,18H,1,6-8H2,2H3,(H,15,16). The fourth-order valence-corrected chi connectivity index (χ4v) is 1.99. The van der Waals surface area contributed by atoms with Gasteiger partial charge in [0.15, 0.2) is 5.69 Å². The van der Waals surface area contributed by atoms with Gasteiger partial charge in [0.1, 0.15) is 0 Å². The van der Waals surface area contributed by atoms with E-state index in [-0.39, 0.29) is 19.1 Å². The van der Waals surface area contributed by atoms with Gasteiger partial charge < -0.3 is 10.0 Å². The number of aliphatic hydroxyl groups is 1. The molecule has 100 valence electrons. The highest BCUT2D eigenvalue weighted by molar-refractivity contribution is 6.04. The van der Waals surface area contributed by atoms with Gasteiger partial charge in [-0.15, -0.1) is 6.58 Å². The molecule has 1 amide bonds. The molecule has 2 N–H and O–H groups in total. The SMILES string of the molecule is C=CCN(CCO)C(=O)c1n[nH]c2ccc(C)cc12. The molecule has 0 bridgehead atoms. The predicted molar refractivity (Wildman–Crippen MR) is 74.0 cm³/mol. The molecule has 5 heteroatoms. The molecule has 5 nitrogen and oxygen atoms in total. The van der Waals surface area contributed by atoms with Crippen LogP contribution in [0.15, 0.2) is 30.9 Å². The van der Waals surface area contributed by atoms with Crippen molar-refractivity contribution in [2.75, 3.05) is 19.7 Å². The minimum atomic E-state index is -0.203. The van der Waals surface area contributed by atoms with Gasteiger partial charge in [-0.3, -0.25) is 9.89 Å². The molecule has 2 aromatic rings. The van der Waals surface area contributed by atoms with Gasteiger partial charge in [0, 0.05) is 18.5 Å². The van der Waals surface area contributed by atoms with Gasteiger partial charge in [0.25, 0.3) is 5.91 Å². The van der Waals surface area contributed by atoms with E-state index in [0.29, 0.717) is 12.2 Å². The summed E-state index contributed by atoms with van der Waals surface area (Å²) in [6.45, 7) is 6.16. The number of aliphatic hydroxyl groups excluding tert-OH is 1. The minimum Gasteiger partial charge on any atom is -0.395 e. The van der Waals surface area contributed by atoms with E-state index in [1.54, 1.807) is 6.08 Å². The van der Waals surface area contributed by atoms with Crippen LogP contribution in [-0.4, -0.2) is 45.8 Å². The Kier molecular flexibility index (Phi) is 3.97. The molecular formula is C14H17N3O2. The number of carbonyl (C=O) groups is 1. The molecule has 0 fully saturated rings. The summed E-state index contributed by atoms with van der Waals surface area (Å²) in [7, 11) is 0. The first-order valence-electron chi connectivity index (χ1n) is 6.13. The quantitative estimate of drug-likeness (QED) is 0.799. The largest absolute Gasteiger partial charge is 0.395 e. The fraction of sp³-hybridized carbons (Fsp3) is 0.286. The molecule has 19 heavy (non-hydrogen) atoms. The summed E-state index contributed by atoms with van der Waals surface area (Å²) in [5, 5.41) is 16.8.